The van der Waals surface area contributed by atoms with Gasteiger partial charge in [0.2, 0.25) is 0 Å². The van der Waals surface area contributed by atoms with Gasteiger partial charge < -0.3 is 4.74 Å². The van der Waals surface area contributed by atoms with Crippen molar-refractivity contribution in [3.63, 3.8) is 0 Å². The maximum absolute atomic E-state index is 8.60. The number of nitriles is 1. The lowest BCUT2D eigenvalue weighted by atomic mass is 10.2. The van der Waals surface area contributed by atoms with Gasteiger partial charge in [-0.25, -0.2) is 0 Å². The van der Waals surface area contributed by atoms with Gasteiger partial charge in [0.15, 0.2) is 0 Å². The molecular weight excluding hydrogens is 236 g/mol. The van der Waals surface area contributed by atoms with Crippen molar-refractivity contribution in [3.8, 4) is 11.8 Å². The Kier molecular flexibility index (Phi) is 6.99. The summed E-state index contributed by atoms with van der Waals surface area (Å²) in [6, 6.07) is 9.91. The minimum Gasteiger partial charge on any atom is -0.492 e. The number of nitrogens with zero attached hydrogens (tertiary/aromatic N) is 2. The molecule has 0 heterocycles. The Morgan fingerprint density at radius 2 is 1.95 bits per heavy atom. The molecule has 0 atom stereocenters. The molecule has 1 rings (SSSR count). The number of hydrogen-bond acceptors (Lipinski definition) is 3. The Morgan fingerprint density at radius 3 is 2.47 bits per heavy atom. The largest absolute Gasteiger partial charge is 0.492 e. The van der Waals surface area contributed by atoms with E-state index in [-0.39, 0.29) is 0 Å². The van der Waals surface area contributed by atoms with E-state index in [0.717, 1.165) is 30.9 Å². The summed E-state index contributed by atoms with van der Waals surface area (Å²) in [7, 11) is 0. The van der Waals surface area contributed by atoms with Crippen LogP contribution in [0.3, 0.4) is 0 Å². The third kappa shape index (κ3) is 6.26. The van der Waals surface area contributed by atoms with Gasteiger partial charge in [-0.15, -0.1) is 0 Å². The molecule has 0 fully saturated rings. The van der Waals surface area contributed by atoms with Crippen molar-refractivity contribution in [3.05, 3.63) is 29.8 Å². The van der Waals surface area contributed by atoms with Crippen LogP contribution in [0.25, 0.3) is 0 Å². The van der Waals surface area contributed by atoms with Gasteiger partial charge in [-0.1, -0.05) is 32.9 Å². The van der Waals surface area contributed by atoms with Crippen molar-refractivity contribution in [2.45, 2.75) is 27.2 Å². The zero-order chi connectivity index (χ0) is 14.1. The number of benzene rings is 1. The Balaban J connectivity index is 2.34. The van der Waals surface area contributed by atoms with Crippen molar-refractivity contribution in [1.82, 2.24) is 4.90 Å². The van der Waals surface area contributed by atoms with Crippen LogP contribution in [-0.2, 0) is 6.42 Å². The van der Waals surface area contributed by atoms with Gasteiger partial charge in [-0.3, -0.25) is 4.90 Å². The number of ether oxygens (including phenoxy) is 1. The first-order chi connectivity index (χ1) is 9.15. The summed E-state index contributed by atoms with van der Waals surface area (Å²) < 4.78 is 5.73. The summed E-state index contributed by atoms with van der Waals surface area (Å²) in [6.07, 6.45) is 0.457. The molecule has 0 aliphatic rings. The predicted molar refractivity (Wildman–Crippen MR) is 78.2 cm³/mol. The van der Waals surface area contributed by atoms with Crippen LogP contribution in [0.5, 0.6) is 5.75 Å². The van der Waals surface area contributed by atoms with Gasteiger partial charge in [-0.2, -0.15) is 5.26 Å². The maximum Gasteiger partial charge on any atom is 0.119 e. The molecule has 0 N–H and O–H groups in total. The average molecular weight is 260 g/mol. The third-order valence-electron chi connectivity index (χ3n) is 2.95. The Bertz CT molecular complexity index is 392. The molecule has 0 aromatic heterocycles. The van der Waals surface area contributed by atoms with Crippen LogP contribution in [0.2, 0.25) is 0 Å². The van der Waals surface area contributed by atoms with E-state index in [9.17, 15) is 0 Å². The summed E-state index contributed by atoms with van der Waals surface area (Å²) >= 11 is 0. The van der Waals surface area contributed by atoms with Gasteiger partial charge >= 0.3 is 0 Å². The second-order valence-electron chi connectivity index (χ2n) is 5.11. The van der Waals surface area contributed by atoms with Crippen LogP contribution < -0.4 is 4.74 Å². The molecule has 0 amide bonds. The van der Waals surface area contributed by atoms with E-state index >= 15 is 0 Å². The summed E-state index contributed by atoms with van der Waals surface area (Å²) in [5.41, 5.74) is 1.03. The van der Waals surface area contributed by atoms with Gasteiger partial charge in [0.05, 0.1) is 12.5 Å². The molecule has 0 saturated carbocycles. The molecule has 0 aliphatic carbocycles. The van der Waals surface area contributed by atoms with Crippen LogP contribution >= 0.6 is 0 Å². The zero-order valence-corrected chi connectivity index (χ0v) is 12.2. The van der Waals surface area contributed by atoms with E-state index in [2.05, 4.69) is 31.7 Å². The van der Waals surface area contributed by atoms with Crippen molar-refractivity contribution in [2.75, 3.05) is 26.2 Å². The molecule has 104 valence electrons. The number of rotatable bonds is 8. The lowest BCUT2D eigenvalue weighted by Gasteiger charge is -2.22. The predicted octanol–water partition coefficient (Wildman–Crippen LogP) is 3.11. The molecule has 1 aromatic carbocycles. The first kappa shape index (κ1) is 15.5. The molecule has 1 aromatic rings. The van der Waals surface area contributed by atoms with Crippen LogP contribution in [-0.4, -0.2) is 31.1 Å². The Hall–Kier alpha value is -1.53. The quantitative estimate of drug-likeness (QED) is 0.720. The van der Waals surface area contributed by atoms with E-state index in [1.165, 1.54) is 0 Å². The highest BCUT2D eigenvalue weighted by Crippen LogP contribution is 2.12. The fourth-order valence-electron chi connectivity index (χ4n) is 1.98. The highest BCUT2D eigenvalue weighted by atomic mass is 16.5. The molecule has 19 heavy (non-hydrogen) atoms. The fraction of sp³-hybridized carbons (Fsp3) is 0.562. The number of likely N-dealkylation sites (N-methyl/N-ethyl adjacent to an activating group) is 1. The van der Waals surface area contributed by atoms with Crippen LogP contribution in [0.1, 0.15) is 26.3 Å². The SMILES string of the molecule is CCN(CCOc1ccc(CC#N)cc1)CC(C)C. The minimum atomic E-state index is 0.457. The normalized spacial score (nSPS) is 10.7. The van der Waals surface area contributed by atoms with Crippen molar-refractivity contribution >= 4 is 0 Å². The molecule has 3 nitrogen and oxygen atoms in total. The monoisotopic (exact) mass is 260 g/mol. The van der Waals surface area contributed by atoms with Crippen molar-refractivity contribution in [1.29, 1.82) is 5.26 Å². The topological polar surface area (TPSA) is 36.3 Å². The second-order valence-corrected chi connectivity index (χ2v) is 5.11. The Morgan fingerprint density at radius 1 is 1.26 bits per heavy atom. The minimum absolute atomic E-state index is 0.457. The zero-order valence-electron chi connectivity index (χ0n) is 12.2. The Labute approximate surface area is 116 Å². The standard InChI is InChI=1S/C16H24N2O/c1-4-18(13-14(2)3)11-12-19-16-7-5-15(6-8-16)9-10-17/h5-8,14H,4,9,11-13H2,1-3H3. The molecule has 3 heteroatoms. The smallest absolute Gasteiger partial charge is 0.119 e. The molecule has 0 unspecified atom stereocenters. The third-order valence-corrected chi connectivity index (χ3v) is 2.95. The highest BCUT2D eigenvalue weighted by Gasteiger charge is 2.05. The molecule has 0 aliphatic heterocycles. The summed E-state index contributed by atoms with van der Waals surface area (Å²) in [6.45, 7) is 10.5. The first-order valence-electron chi connectivity index (χ1n) is 6.96. The van der Waals surface area contributed by atoms with Crippen molar-refractivity contribution in [2.24, 2.45) is 5.92 Å². The van der Waals surface area contributed by atoms with E-state index < -0.39 is 0 Å². The van der Waals surface area contributed by atoms with E-state index in [1.807, 2.05) is 24.3 Å². The molecule has 0 bridgehead atoms. The lowest BCUT2D eigenvalue weighted by molar-refractivity contribution is 0.200. The second kappa shape index (κ2) is 8.55. The summed E-state index contributed by atoms with van der Waals surface area (Å²) in [4.78, 5) is 2.40. The van der Waals surface area contributed by atoms with E-state index in [4.69, 9.17) is 10.00 Å². The van der Waals surface area contributed by atoms with Gasteiger partial charge in [0, 0.05) is 13.1 Å². The average Bonchev–Trinajstić information content (AvgIpc) is 2.39. The van der Waals surface area contributed by atoms with Crippen LogP contribution in [0.4, 0.5) is 0 Å². The van der Waals surface area contributed by atoms with Gasteiger partial charge in [-0.05, 0) is 30.2 Å². The summed E-state index contributed by atoms with van der Waals surface area (Å²) in [5, 5.41) is 8.60. The molecule has 0 saturated heterocycles. The maximum atomic E-state index is 8.60. The van der Waals surface area contributed by atoms with Crippen LogP contribution in [0, 0.1) is 17.2 Å². The molecule has 0 radical (unpaired) electrons. The molecule has 0 spiro atoms. The lowest BCUT2D eigenvalue weighted by Crippen LogP contribution is -2.31. The van der Waals surface area contributed by atoms with E-state index in [0.29, 0.717) is 18.9 Å². The van der Waals surface area contributed by atoms with Gasteiger partial charge in [0.1, 0.15) is 12.4 Å². The fourth-order valence-corrected chi connectivity index (χ4v) is 1.98. The molecular formula is C16H24N2O. The summed E-state index contributed by atoms with van der Waals surface area (Å²) in [5.74, 6) is 1.56. The van der Waals surface area contributed by atoms with Crippen LogP contribution in [0.15, 0.2) is 24.3 Å². The number of hydrogen-bond donors (Lipinski definition) is 0. The van der Waals surface area contributed by atoms with Crippen molar-refractivity contribution < 1.29 is 4.74 Å². The van der Waals surface area contributed by atoms with E-state index in [1.54, 1.807) is 0 Å². The van der Waals surface area contributed by atoms with Gasteiger partial charge in [0.25, 0.3) is 0 Å². The first-order valence-corrected chi connectivity index (χ1v) is 6.96. The highest BCUT2D eigenvalue weighted by molar-refractivity contribution is 5.28.